The second-order valence-electron chi connectivity index (χ2n) is 7.16. The van der Waals surface area contributed by atoms with Gasteiger partial charge in [-0.1, -0.05) is 47.7 Å². The molecule has 0 saturated heterocycles. The van der Waals surface area contributed by atoms with Crippen molar-refractivity contribution in [1.82, 2.24) is 0 Å². The molecule has 1 aliphatic rings. The van der Waals surface area contributed by atoms with Crippen molar-refractivity contribution in [3.8, 4) is 0 Å². The van der Waals surface area contributed by atoms with E-state index in [4.69, 9.17) is 0 Å². The van der Waals surface area contributed by atoms with Crippen molar-refractivity contribution in [1.29, 1.82) is 0 Å². The van der Waals surface area contributed by atoms with Gasteiger partial charge < -0.3 is 4.55 Å². The van der Waals surface area contributed by atoms with Gasteiger partial charge in [-0.05, 0) is 66.3 Å². The van der Waals surface area contributed by atoms with Crippen molar-refractivity contribution >= 4 is 18.0 Å². The van der Waals surface area contributed by atoms with E-state index in [2.05, 4.69) is 27.7 Å². The molecule has 0 N–H and O–H groups in total. The van der Waals surface area contributed by atoms with E-state index >= 15 is 0 Å². The third kappa shape index (κ3) is 5.79. The van der Waals surface area contributed by atoms with Gasteiger partial charge in [-0.25, -0.2) is 8.42 Å². The van der Waals surface area contributed by atoms with Gasteiger partial charge >= 0.3 is 29.6 Å². The van der Waals surface area contributed by atoms with Crippen molar-refractivity contribution in [3.05, 3.63) is 29.8 Å². The summed E-state index contributed by atoms with van der Waals surface area (Å²) in [5.41, 5.74) is 3.61. The second kappa shape index (κ2) is 9.48. The molecule has 1 aromatic carbocycles. The Morgan fingerprint density at radius 1 is 0.958 bits per heavy atom. The monoisotopic (exact) mass is 378 g/mol. The quantitative estimate of drug-likeness (QED) is 0.447. The third-order valence-corrected chi connectivity index (χ3v) is 9.55. The van der Waals surface area contributed by atoms with E-state index in [-0.39, 0.29) is 42.4 Å². The van der Waals surface area contributed by atoms with Crippen LogP contribution in [0.3, 0.4) is 0 Å². The SMILES string of the molecule is CC(C)P(C(C)C)C1CCC(c2ccc(S(=O)(=O)[O-])cc2)CC1.[Na+]. The molecule has 1 saturated carbocycles. The van der Waals surface area contributed by atoms with Gasteiger partial charge in [0.2, 0.25) is 0 Å². The molecule has 1 aromatic rings. The summed E-state index contributed by atoms with van der Waals surface area (Å²) in [6.45, 7) is 9.44. The van der Waals surface area contributed by atoms with Crippen LogP contribution in [0.15, 0.2) is 29.2 Å². The van der Waals surface area contributed by atoms with Crippen LogP contribution in [-0.2, 0) is 10.1 Å². The van der Waals surface area contributed by atoms with Gasteiger partial charge in [-0.3, -0.25) is 0 Å². The Hall–Kier alpha value is 0.560. The predicted molar refractivity (Wildman–Crippen MR) is 96.6 cm³/mol. The van der Waals surface area contributed by atoms with Crippen LogP contribution in [0.5, 0.6) is 0 Å². The summed E-state index contributed by atoms with van der Waals surface area (Å²) in [5.74, 6) is 0.505. The van der Waals surface area contributed by atoms with E-state index < -0.39 is 10.1 Å². The van der Waals surface area contributed by atoms with Crippen LogP contribution in [0.25, 0.3) is 0 Å². The van der Waals surface area contributed by atoms with Gasteiger partial charge in [0.1, 0.15) is 10.1 Å². The summed E-state index contributed by atoms with van der Waals surface area (Å²) in [6, 6.07) is 6.56. The van der Waals surface area contributed by atoms with Crippen LogP contribution in [0, 0.1) is 0 Å². The summed E-state index contributed by atoms with van der Waals surface area (Å²) >= 11 is 0. The molecule has 0 spiro atoms. The summed E-state index contributed by atoms with van der Waals surface area (Å²) in [4.78, 5) is -0.127. The normalized spacial score (nSPS) is 22.0. The summed E-state index contributed by atoms with van der Waals surface area (Å²) in [6.07, 6.45) is 4.89. The molecule has 24 heavy (non-hydrogen) atoms. The van der Waals surface area contributed by atoms with Gasteiger partial charge in [-0.2, -0.15) is 0 Å². The van der Waals surface area contributed by atoms with Crippen molar-refractivity contribution in [2.24, 2.45) is 0 Å². The Balaban J connectivity index is 0.00000288. The van der Waals surface area contributed by atoms with Crippen LogP contribution in [0.2, 0.25) is 0 Å². The Bertz CT molecular complexity index is 598. The summed E-state index contributed by atoms with van der Waals surface area (Å²) in [5, 5.41) is 0. The van der Waals surface area contributed by atoms with E-state index in [9.17, 15) is 13.0 Å². The molecule has 0 radical (unpaired) electrons. The maximum absolute atomic E-state index is 11.0. The molecule has 2 rings (SSSR count). The molecule has 0 bridgehead atoms. The van der Waals surface area contributed by atoms with Crippen molar-refractivity contribution in [2.45, 2.75) is 81.2 Å². The number of rotatable bonds is 5. The molecule has 1 aliphatic carbocycles. The van der Waals surface area contributed by atoms with Crippen LogP contribution in [-0.4, -0.2) is 29.9 Å². The molecular formula is C18H28NaO3PS. The van der Waals surface area contributed by atoms with Gasteiger partial charge in [0.15, 0.2) is 0 Å². The molecule has 0 aromatic heterocycles. The largest absolute Gasteiger partial charge is 1.00 e. The van der Waals surface area contributed by atoms with Gasteiger partial charge in [0.05, 0.1) is 4.90 Å². The first-order chi connectivity index (χ1) is 10.7. The standard InChI is InChI=1S/C18H29O3PS.Na/c1-13(2)22(14(3)4)17-9-5-15(6-10-17)16-7-11-18(12-8-16)23(19,20)21;/h7-8,11-15,17H,5-6,9-10H2,1-4H3,(H,19,20,21);/q;+1/p-1. The average molecular weight is 378 g/mol. The Morgan fingerprint density at radius 3 is 1.79 bits per heavy atom. The topological polar surface area (TPSA) is 57.2 Å². The number of hydrogen-bond donors (Lipinski definition) is 0. The van der Waals surface area contributed by atoms with E-state index in [1.807, 2.05) is 12.1 Å². The third-order valence-electron chi connectivity index (χ3n) is 4.95. The summed E-state index contributed by atoms with van der Waals surface area (Å²) in [7, 11) is -4.26. The van der Waals surface area contributed by atoms with Crippen molar-refractivity contribution < 1.29 is 42.5 Å². The Labute approximate surface area is 170 Å². The predicted octanol–water partition coefficient (Wildman–Crippen LogP) is 1.92. The number of benzene rings is 1. The zero-order chi connectivity index (χ0) is 17.2. The first-order valence-electron chi connectivity index (χ1n) is 8.53. The zero-order valence-corrected chi connectivity index (χ0v) is 19.2. The van der Waals surface area contributed by atoms with Crippen LogP contribution in [0.4, 0.5) is 0 Å². The first-order valence-corrected chi connectivity index (χ1v) is 11.5. The van der Waals surface area contributed by atoms with E-state index in [1.54, 1.807) is 0 Å². The smallest absolute Gasteiger partial charge is 0.744 e. The molecule has 130 valence electrons. The van der Waals surface area contributed by atoms with Gasteiger partial charge in [0, 0.05) is 0 Å². The van der Waals surface area contributed by atoms with E-state index in [0.29, 0.717) is 5.92 Å². The van der Waals surface area contributed by atoms with Crippen molar-refractivity contribution in [2.75, 3.05) is 0 Å². The Morgan fingerprint density at radius 2 is 1.42 bits per heavy atom. The fourth-order valence-corrected chi connectivity index (χ4v) is 8.30. The minimum Gasteiger partial charge on any atom is -0.744 e. The maximum Gasteiger partial charge on any atom is 1.00 e. The molecule has 0 amide bonds. The van der Waals surface area contributed by atoms with Crippen LogP contribution >= 0.6 is 7.92 Å². The molecule has 0 unspecified atom stereocenters. The minimum atomic E-state index is -4.34. The van der Waals surface area contributed by atoms with E-state index in [0.717, 1.165) is 17.0 Å². The van der Waals surface area contributed by atoms with E-state index in [1.165, 1.54) is 43.4 Å². The molecule has 0 atom stereocenters. The second-order valence-corrected chi connectivity index (χ2v) is 12.2. The number of hydrogen-bond acceptors (Lipinski definition) is 3. The molecular weight excluding hydrogens is 350 g/mol. The molecule has 3 nitrogen and oxygen atoms in total. The fraction of sp³-hybridized carbons (Fsp3) is 0.667. The van der Waals surface area contributed by atoms with Crippen LogP contribution < -0.4 is 29.6 Å². The molecule has 0 heterocycles. The van der Waals surface area contributed by atoms with Crippen LogP contribution in [0.1, 0.15) is 64.9 Å². The molecule has 6 heteroatoms. The first kappa shape index (κ1) is 22.6. The van der Waals surface area contributed by atoms with Crippen molar-refractivity contribution in [3.63, 3.8) is 0 Å². The maximum atomic E-state index is 11.0. The van der Waals surface area contributed by atoms with Gasteiger partial charge in [0.25, 0.3) is 0 Å². The fourth-order valence-electron chi connectivity index (χ4n) is 4.05. The van der Waals surface area contributed by atoms with Gasteiger partial charge in [-0.15, -0.1) is 0 Å². The zero-order valence-electron chi connectivity index (χ0n) is 15.5. The Kier molecular flexibility index (Phi) is 8.93. The molecule has 1 fully saturated rings. The summed E-state index contributed by atoms with van der Waals surface area (Å²) < 4.78 is 33.0. The molecule has 0 aliphatic heterocycles. The average Bonchev–Trinajstić information content (AvgIpc) is 2.46. The minimum absolute atomic E-state index is 0.